The highest BCUT2D eigenvalue weighted by atomic mass is 32.2. The zero-order chi connectivity index (χ0) is 21.1. The van der Waals surface area contributed by atoms with Crippen molar-refractivity contribution in [2.24, 2.45) is 0 Å². The first-order valence-electron chi connectivity index (χ1n) is 9.58. The van der Waals surface area contributed by atoms with Gasteiger partial charge in [-0.2, -0.15) is 0 Å². The standard InChI is InChI=1S/C24H20N2O3S/c1-16-11-13-17(14-12-16)25-23(28)19-9-5-6-10-20(19)30-21-15-22(27)26(24(21)29)18-7-3-2-4-8-18/h2-14,21H,15H2,1H3,(H,25,28). The Morgan fingerprint density at radius 1 is 0.933 bits per heavy atom. The molecule has 0 saturated carbocycles. The summed E-state index contributed by atoms with van der Waals surface area (Å²) in [4.78, 5) is 40.1. The Hall–Kier alpha value is -3.38. The predicted molar refractivity (Wildman–Crippen MR) is 119 cm³/mol. The molecule has 1 aliphatic rings. The van der Waals surface area contributed by atoms with Gasteiger partial charge in [0.25, 0.3) is 5.91 Å². The maximum atomic E-state index is 12.9. The lowest BCUT2D eigenvalue weighted by atomic mass is 10.2. The molecule has 1 heterocycles. The second kappa shape index (κ2) is 8.55. The quantitative estimate of drug-likeness (QED) is 0.614. The van der Waals surface area contributed by atoms with E-state index in [0.717, 1.165) is 5.56 Å². The van der Waals surface area contributed by atoms with Crippen LogP contribution in [0.25, 0.3) is 0 Å². The number of nitrogens with one attached hydrogen (secondary N) is 1. The van der Waals surface area contributed by atoms with Gasteiger partial charge in [-0.3, -0.25) is 14.4 Å². The SMILES string of the molecule is Cc1ccc(NC(=O)c2ccccc2SC2CC(=O)N(c3ccccc3)C2=O)cc1. The average molecular weight is 417 g/mol. The summed E-state index contributed by atoms with van der Waals surface area (Å²) >= 11 is 1.26. The van der Waals surface area contributed by atoms with Crippen LogP contribution in [0.15, 0.2) is 83.8 Å². The van der Waals surface area contributed by atoms with Gasteiger partial charge in [0, 0.05) is 17.0 Å². The van der Waals surface area contributed by atoms with Crippen LogP contribution in [0.1, 0.15) is 22.3 Å². The smallest absolute Gasteiger partial charge is 0.256 e. The minimum atomic E-state index is -0.564. The van der Waals surface area contributed by atoms with E-state index in [1.54, 1.807) is 42.5 Å². The summed E-state index contributed by atoms with van der Waals surface area (Å²) in [5.74, 6) is -0.742. The van der Waals surface area contributed by atoms with Gasteiger partial charge in [0.1, 0.15) is 0 Å². The van der Waals surface area contributed by atoms with Crippen LogP contribution >= 0.6 is 11.8 Å². The Balaban J connectivity index is 1.53. The summed E-state index contributed by atoms with van der Waals surface area (Å²) < 4.78 is 0. The zero-order valence-electron chi connectivity index (χ0n) is 16.4. The number of aryl methyl sites for hydroxylation is 1. The summed E-state index contributed by atoms with van der Waals surface area (Å²) in [5.41, 5.74) is 2.85. The average Bonchev–Trinajstić information content (AvgIpc) is 3.03. The molecule has 6 heteroatoms. The molecule has 3 aromatic rings. The fourth-order valence-corrected chi connectivity index (χ4v) is 4.47. The summed E-state index contributed by atoms with van der Waals surface area (Å²) in [7, 11) is 0. The van der Waals surface area contributed by atoms with Crippen molar-refractivity contribution < 1.29 is 14.4 Å². The third-order valence-corrected chi connectivity index (χ3v) is 6.09. The molecule has 150 valence electrons. The molecular formula is C24H20N2O3S. The van der Waals surface area contributed by atoms with Gasteiger partial charge in [-0.25, -0.2) is 4.90 Å². The van der Waals surface area contributed by atoms with Crippen molar-refractivity contribution in [1.82, 2.24) is 0 Å². The molecule has 0 spiro atoms. The van der Waals surface area contributed by atoms with E-state index >= 15 is 0 Å². The van der Waals surface area contributed by atoms with Crippen LogP contribution in [0, 0.1) is 6.92 Å². The molecule has 1 atom stereocenters. The lowest BCUT2D eigenvalue weighted by molar-refractivity contribution is -0.121. The third kappa shape index (κ3) is 4.14. The minimum Gasteiger partial charge on any atom is -0.322 e. The molecule has 1 N–H and O–H groups in total. The molecule has 3 amide bonds. The summed E-state index contributed by atoms with van der Waals surface area (Å²) in [5, 5.41) is 2.33. The normalized spacial score (nSPS) is 16.0. The van der Waals surface area contributed by atoms with Crippen LogP contribution in [-0.2, 0) is 9.59 Å². The molecule has 30 heavy (non-hydrogen) atoms. The number of hydrogen-bond acceptors (Lipinski definition) is 4. The maximum absolute atomic E-state index is 12.9. The Kier molecular flexibility index (Phi) is 5.68. The number of imide groups is 1. The van der Waals surface area contributed by atoms with Crippen LogP contribution in [-0.4, -0.2) is 23.0 Å². The lowest BCUT2D eigenvalue weighted by Gasteiger charge is -2.15. The number of carbonyl (C=O) groups is 3. The number of anilines is 2. The van der Waals surface area contributed by atoms with Gasteiger partial charge in [0.15, 0.2) is 0 Å². The molecule has 0 radical (unpaired) electrons. The number of benzene rings is 3. The van der Waals surface area contributed by atoms with Gasteiger partial charge in [-0.05, 0) is 43.3 Å². The van der Waals surface area contributed by atoms with Crippen molar-refractivity contribution in [2.75, 3.05) is 10.2 Å². The zero-order valence-corrected chi connectivity index (χ0v) is 17.2. The van der Waals surface area contributed by atoms with Crippen molar-refractivity contribution in [1.29, 1.82) is 0 Å². The van der Waals surface area contributed by atoms with Crippen molar-refractivity contribution in [3.05, 3.63) is 90.0 Å². The fourth-order valence-electron chi connectivity index (χ4n) is 3.29. The van der Waals surface area contributed by atoms with Gasteiger partial charge < -0.3 is 5.32 Å². The third-order valence-electron chi connectivity index (χ3n) is 4.83. The van der Waals surface area contributed by atoms with Gasteiger partial charge in [-0.15, -0.1) is 11.8 Å². The van der Waals surface area contributed by atoms with Crippen LogP contribution < -0.4 is 10.2 Å². The molecule has 5 nitrogen and oxygen atoms in total. The highest BCUT2D eigenvalue weighted by molar-refractivity contribution is 8.00. The molecule has 0 aliphatic carbocycles. The molecule has 0 aromatic heterocycles. The topological polar surface area (TPSA) is 66.5 Å². The van der Waals surface area contributed by atoms with Gasteiger partial charge in [-0.1, -0.05) is 48.0 Å². The van der Waals surface area contributed by atoms with Crippen molar-refractivity contribution in [3.63, 3.8) is 0 Å². The fraction of sp³-hybridized carbons (Fsp3) is 0.125. The Bertz CT molecular complexity index is 1100. The Labute approximate surface area is 179 Å². The lowest BCUT2D eigenvalue weighted by Crippen LogP contribution is -2.31. The van der Waals surface area contributed by atoms with Crippen LogP contribution in [0.2, 0.25) is 0 Å². The highest BCUT2D eigenvalue weighted by Gasteiger charge is 2.40. The highest BCUT2D eigenvalue weighted by Crippen LogP contribution is 2.35. The second-order valence-corrected chi connectivity index (χ2v) is 8.27. The molecule has 0 bridgehead atoms. The van der Waals surface area contributed by atoms with Crippen molar-refractivity contribution in [2.45, 2.75) is 23.5 Å². The minimum absolute atomic E-state index is 0.103. The van der Waals surface area contributed by atoms with Crippen molar-refractivity contribution >= 4 is 40.9 Å². The monoisotopic (exact) mass is 416 g/mol. The summed E-state index contributed by atoms with van der Waals surface area (Å²) in [6, 6.07) is 23.6. The van der Waals surface area contributed by atoms with E-state index in [1.165, 1.54) is 16.7 Å². The van der Waals surface area contributed by atoms with E-state index in [0.29, 0.717) is 21.8 Å². The number of amides is 3. The second-order valence-electron chi connectivity index (χ2n) is 7.03. The van der Waals surface area contributed by atoms with E-state index in [4.69, 9.17) is 0 Å². The number of thioether (sulfide) groups is 1. The molecular weight excluding hydrogens is 396 g/mol. The molecule has 1 fully saturated rings. The largest absolute Gasteiger partial charge is 0.322 e. The van der Waals surface area contributed by atoms with E-state index in [1.807, 2.05) is 43.3 Å². The molecule has 3 aromatic carbocycles. The van der Waals surface area contributed by atoms with Gasteiger partial charge in [0.2, 0.25) is 11.8 Å². The van der Waals surface area contributed by atoms with Crippen LogP contribution in [0.5, 0.6) is 0 Å². The first-order chi connectivity index (χ1) is 14.5. The molecule has 1 saturated heterocycles. The molecule has 4 rings (SSSR count). The summed E-state index contributed by atoms with van der Waals surface area (Å²) in [6.07, 6.45) is 0.103. The maximum Gasteiger partial charge on any atom is 0.256 e. The first kappa shape index (κ1) is 19.9. The Morgan fingerprint density at radius 2 is 1.60 bits per heavy atom. The van der Waals surface area contributed by atoms with Crippen LogP contribution in [0.3, 0.4) is 0 Å². The van der Waals surface area contributed by atoms with E-state index < -0.39 is 5.25 Å². The number of carbonyl (C=O) groups excluding carboxylic acids is 3. The van der Waals surface area contributed by atoms with Gasteiger partial charge in [0.05, 0.1) is 16.5 Å². The van der Waals surface area contributed by atoms with Crippen LogP contribution in [0.4, 0.5) is 11.4 Å². The summed E-state index contributed by atoms with van der Waals surface area (Å²) in [6.45, 7) is 1.98. The van der Waals surface area contributed by atoms with E-state index in [2.05, 4.69) is 5.32 Å². The van der Waals surface area contributed by atoms with Gasteiger partial charge >= 0.3 is 0 Å². The Morgan fingerprint density at radius 3 is 2.33 bits per heavy atom. The first-order valence-corrected chi connectivity index (χ1v) is 10.5. The molecule has 1 aliphatic heterocycles. The number of para-hydroxylation sites is 1. The van der Waals surface area contributed by atoms with Crippen molar-refractivity contribution in [3.8, 4) is 0 Å². The number of rotatable bonds is 5. The number of hydrogen-bond donors (Lipinski definition) is 1. The predicted octanol–water partition coefficient (Wildman–Crippen LogP) is 4.67. The molecule has 1 unspecified atom stereocenters. The van der Waals surface area contributed by atoms with E-state index in [9.17, 15) is 14.4 Å². The van der Waals surface area contributed by atoms with E-state index in [-0.39, 0.29) is 24.1 Å². The number of nitrogens with zero attached hydrogens (tertiary/aromatic N) is 1.